The molecule has 1 aliphatic rings. The van der Waals surface area contributed by atoms with Gasteiger partial charge in [-0.3, -0.25) is 4.79 Å². The Morgan fingerprint density at radius 2 is 1.86 bits per heavy atom. The van der Waals surface area contributed by atoms with Gasteiger partial charge in [-0.1, -0.05) is 6.92 Å². The molecule has 1 fully saturated rings. The van der Waals surface area contributed by atoms with Crippen LogP contribution in [0.15, 0.2) is 12.1 Å². The van der Waals surface area contributed by atoms with Crippen LogP contribution in [0.1, 0.15) is 36.8 Å². The zero-order chi connectivity index (χ0) is 15.7. The maximum absolute atomic E-state index is 11.4. The molecule has 1 aliphatic heterocycles. The minimum Gasteiger partial charge on any atom is -0.356 e. The van der Waals surface area contributed by atoms with Crippen molar-refractivity contribution in [2.45, 2.75) is 40.0 Å². The van der Waals surface area contributed by atoms with Gasteiger partial charge in [-0.05, 0) is 26.3 Å². The van der Waals surface area contributed by atoms with E-state index in [1.54, 1.807) is 4.68 Å². The lowest BCUT2D eigenvalue weighted by molar-refractivity contribution is -0.119. The van der Waals surface area contributed by atoms with Crippen LogP contribution in [0.4, 0.5) is 5.82 Å². The number of rotatable bonds is 3. The number of ketones is 1. The molecule has 0 bridgehead atoms. The molecule has 0 atom stereocenters. The quantitative estimate of drug-likeness (QED) is 0.867. The van der Waals surface area contributed by atoms with Gasteiger partial charge in [-0.15, -0.1) is 0 Å². The summed E-state index contributed by atoms with van der Waals surface area (Å²) in [6.45, 7) is 7.51. The summed E-state index contributed by atoms with van der Waals surface area (Å²) in [7, 11) is 0. The summed E-state index contributed by atoms with van der Waals surface area (Å²) in [5, 5.41) is 4.47. The number of carbonyl (C=O) groups is 1. The van der Waals surface area contributed by atoms with Gasteiger partial charge in [0.25, 0.3) is 5.95 Å². The third-order valence-corrected chi connectivity index (χ3v) is 3.96. The first-order chi connectivity index (χ1) is 10.6. The highest BCUT2D eigenvalue weighted by Gasteiger charge is 2.19. The normalized spacial score (nSPS) is 15.4. The van der Waals surface area contributed by atoms with E-state index in [9.17, 15) is 4.79 Å². The van der Waals surface area contributed by atoms with Gasteiger partial charge in [0.2, 0.25) is 0 Å². The summed E-state index contributed by atoms with van der Waals surface area (Å²) < 4.78 is 1.78. The van der Waals surface area contributed by atoms with Crippen LogP contribution in [0.5, 0.6) is 0 Å². The summed E-state index contributed by atoms with van der Waals surface area (Å²) in [5.74, 6) is 1.83. The summed E-state index contributed by atoms with van der Waals surface area (Å²) >= 11 is 0. The Morgan fingerprint density at radius 3 is 2.45 bits per heavy atom. The molecule has 2 aromatic heterocycles. The molecular formula is C16H21N5O. The number of anilines is 1. The summed E-state index contributed by atoms with van der Waals surface area (Å²) in [6, 6.07) is 4.03. The standard InChI is InChI=1S/C16H21N5O/c1-4-13-10-15(20-7-5-14(22)6-8-20)18-16(17-13)21-12(3)9-11(2)19-21/h9-10H,4-8H2,1-3H3. The summed E-state index contributed by atoms with van der Waals surface area (Å²) in [5.41, 5.74) is 2.96. The van der Waals surface area contributed by atoms with Gasteiger partial charge in [0.1, 0.15) is 11.6 Å². The third kappa shape index (κ3) is 2.86. The number of hydrogen-bond donors (Lipinski definition) is 0. The molecule has 0 N–H and O–H groups in total. The first kappa shape index (κ1) is 14.7. The van der Waals surface area contributed by atoms with Crippen molar-refractivity contribution in [2.75, 3.05) is 18.0 Å². The number of carbonyl (C=O) groups excluding carboxylic acids is 1. The second-order valence-electron chi connectivity index (χ2n) is 5.74. The van der Waals surface area contributed by atoms with Crippen LogP contribution in [-0.2, 0) is 11.2 Å². The van der Waals surface area contributed by atoms with Crippen molar-refractivity contribution >= 4 is 11.6 Å². The highest BCUT2D eigenvalue weighted by molar-refractivity contribution is 5.80. The topological polar surface area (TPSA) is 63.9 Å². The van der Waals surface area contributed by atoms with E-state index in [1.807, 2.05) is 26.0 Å². The molecular weight excluding hydrogens is 278 g/mol. The molecule has 0 radical (unpaired) electrons. The Balaban J connectivity index is 1.99. The van der Waals surface area contributed by atoms with E-state index in [0.717, 1.165) is 42.4 Å². The number of Topliss-reactive ketones (excluding diaryl/α,β-unsaturated/α-hetero) is 1. The van der Waals surface area contributed by atoms with Crippen LogP contribution in [0.3, 0.4) is 0 Å². The second-order valence-corrected chi connectivity index (χ2v) is 5.74. The van der Waals surface area contributed by atoms with Crippen LogP contribution in [0.2, 0.25) is 0 Å². The maximum atomic E-state index is 11.4. The molecule has 0 unspecified atom stereocenters. The summed E-state index contributed by atoms with van der Waals surface area (Å²) in [6.07, 6.45) is 2.04. The number of aryl methyl sites for hydroxylation is 3. The van der Waals surface area contributed by atoms with E-state index in [2.05, 4.69) is 26.9 Å². The SMILES string of the molecule is CCc1cc(N2CCC(=O)CC2)nc(-n2nc(C)cc2C)n1. The zero-order valence-corrected chi connectivity index (χ0v) is 13.3. The van der Waals surface area contributed by atoms with E-state index in [0.29, 0.717) is 24.6 Å². The van der Waals surface area contributed by atoms with Crippen molar-refractivity contribution in [3.05, 3.63) is 29.2 Å². The van der Waals surface area contributed by atoms with E-state index >= 15 is 0 Å². The molecule has 22 heavy (non-hydrogen) atoms. The molecule has 6 heteroatoms. The van der Waals surface area contributed by atoms with Crippen molar-refractivity contribution in [1.29, 1.82) is 0 Å². The highest BCUT2D eigenvalue weighted by Crippen LogP contribution is 2.19. The minimum atomic E-state index is 0.333. The van der Waals surface area contributed by atoms with Gasteiger partial charge in [0.05, 0.1) is 5.69 Å². The predicted molar refractivity (Wildman–Crippen MR) is 84.5 cm³/mol. The smallest absolute Gasteiger partial charge is 0.252 e. The van der Waals surface area contributed by atoms with Crippen LogP contribution in [0.25, 0.3) is 5.95 Å². The molecule has 116 valence electrons. The Labute approximate surface area is 130 Å². The van der Waals surface area contributed by atoms with Gasteiger partial charge in [-0.2, -0.15) is 10.1 Å². The third-order valence-electron chi connectivity index (χ3n) is 3.96. The lowest BCUT2D eigenvalue weighted by atomic mass is 10.1. The molecule has 3 rings (SSSR count). The predicted octanol–water partition coefficient (Wildman–Crippen LogP) is 2.01. The second kappa shape index (κ2) is 5.87. The van der Waals surface area contributed by atoms with Crippen molar-refractivity contribution in [1.82, 2.24) is 19.7 Å². The lowest BCUT2D eigenvalue weighted by Gasteiger charge is -2.27. The van der Waals surface area contributed by atoms with Crippen LogP contribution >= 0.6 is 0 Å². The Hall–Kier alpha value is -2.24. The molecule has 1 saturated heterocycles. The average molecular weight is 299 g/mol. The molecule has 0 saturated carbocycles. The van der Waals surface area contributed by atoms with E-state index in [-0.39, 0.29) is 0 Å². The Bertz CT molecular complexity index is 697. The fraction of sp³-hybridized carbons (Fsp3) is 0.500. The first-order valence-electron chi connectivity index (χ1n) is 7.75. The van der Waals surface area contributed by atoms with Crippen molar-refractivity contribution in [2.24, 2.45) is 0 Å². The molecule has 0 aromatic carbocycles. The lowest BCUT2D eigenvalue weighted by Crippen LogP contribution is -2.34. The maximum Gasteiger partial charge on any atom is 0.252 e. The number of aromatic nitrogens is 4. The molecule has 0 spiro atoms. The van der Waals surface area contributed by atoms with Crippen molar-refractivity contribution in [3.8, 4) is 5.95 Å². The van der Waals surface area contributed by atoms with Crippen LogP contribution < -0.4 is 4.90 Å². The first-order valence-corrected chi connectivity index (χ1v) is 7.75. The average Bonchev–Trinajstić information content (AvgIpc) is 2.86. The highest BCUT2D eigenvalue weighted by atomic mass is 16.1. The van der Waals surface area contributed by atoms with E-state index in [1.165, 1.54) is 0 Å². The largest absolute Gasteiger partial charge is 0.356 e. The molecule has 0 aliphatic carbocycles. The molecule has 0 amide bonds. The van der Waals surface area contributed by atoms with Gasteiger partial charge < -0.3 is 4.90 Å². The fourth-order valence-corrected chi connectivity index (χ4v) is 2.72. The Kier molecular flexibility index (Phi) is 3.92. The van der Waals surface area contributed by atoms with E-state index in [4.69, 9.17) is 0 Å². The zero-order valence-electron chi connectivity index (χ0n) is 13.3. The van der Waals surface area contributed by atoms with Crippen molar-refractivity contribution in [3.63, 3.8) is 0 Å². The van der Waals surface area contributed by atoms with Crippen molar-refractivity contribution < 1.29 is 4.79 Å². The molecule has 6 nitrogen and oxygen atoms in total. The number of nitrogens with zero attached hydrogens (tertiary/aromatic N) is 5. The number of piperidine rings is 1. The van der Waals surface area contributed by atoms with Crippen LogP contribution in [0, 0.1) is 13.8 Å². The van der Waals surface area contributed by atoms with E-state index < -0.39 is 0 Å². The number of hydrogen-bond acceptors (Lipinski definition) is 5. The van der Waals surface area contributed by atoms with Gasteiger partial charge in [0.15, 0.2) is 0 Å². The van der Waals surface area contributed by atoms with Gasteiger partial charge >= 0.3 is 0 Å². The minimum absolute atomic E-state index is 0.333. The monoisotopic (exact) mass is 299 g/mol. The van der Waals surface area contributed by atoms with Crippen LogP contribution in [-0.4, -0.2) is 38.6 Å². The molecule has 2 aromatic rings. The van der Waals surface area contributed by atoms with Gasteiger partial charge in [-0.25, -0.2) is 9.67 Å². The van der Waals surface area contributed by atoms with Gasteiger partial charge in [0, 0.05) is 43.4 Å². The fourth-order valence-electron chi connectivity index (χ4n) is 2.72. The molecule has 3 heterocycles. The summed E-state index contributed by atoms with van der Waals surface area (Å²) in [4.78, 5) is 22.9. The Morgan fingerprint density at radius 1 is 1.14 bits per heavy atom.